The zero-order chi connectivity index (χ0) is 21.2. The van der Waals surface area contributed by atoms with Gasteiger partial charge < -0.3 is 9.47 Å². The van der Waals surface area contributed by atoms with Gasteiger partial charge in [0.15, 0.2) is 5.78 Å². The van der Waals surface area contributed by atoms with Crippen LogP contribution in [0.25, 0.3) is 21.1 Å². The molecule has 0 aliphatic carbocycles. The molecular weight excluding hydrogens is 402 g/mol. The summed E-state index contributed by atoms with van der Waals surface area (Å²) in [6.45, 7) is 6.29. The molecule has 0 atom stereocenters. The second-order valence-electron chi connectivity index (χ2n) is 8.52. The number of rotatable bonds is 7. The fourth-order valence-corrected chi connectivity index (χ4v) is 5.91. The Labute approximate surface area is 187 Å². The molecule has 2 aromatic carbocycles. The van der Waals surface area contributed by atoms with Crippen LogP contribution < -0.4 is 0 Å². The van der Waals surface area contributed by atoms with Gasteiger partial charge in [0.05, 0.1) is 15.2 Å². The van der Waals surface area contributed by atoms with Crippen LogP contribution in [0.2, 0.25) is 0 Å². The van der Waals surface area contributed by atoms with Crippen molar-refractivity contribution >= 4 is 38.2 Å². The number of ketones is 1. The summed E-state index contributed by atoms with van der Waals surface area (Å²) < 4.78 is 3.58. The molecule has 5 heteroatoms. The molecule has 4 aromatic rings. The van der Waals surface area contributed by atoms with Crippen LogP contribution in [-0.2, 0) is 6.54 Å². The first-order valence-electron chi connectivity index (χ1n) is 11.4. The van der Waals surface area contributed by atoms with E-state index >= 15 is 0 Å². The van der Waals surface area contributed by atoms with Gasteiger partial charge in [0.2, 0.25) is 0 Å². The molecule has 0 bridgehead atoms. The number of para-hydroxylation sites is 2. The van der Waals surface area contributed by atoms with Gasteiger partial charge in [-0.3, -0.25) is 4.79 Å². The van der Waals surface area contributed by atoms with E-state index in [0.717, 1.165) is 49.1 Å². The van der Waals surface area contributed by atoms with Gasteiger partial charge in [0.25, 0.3) is 0 Å². The SMILES string of the molecule is CCC(=O)c1cn(CCCN2CCC(c3nc4ccccc4s3)CC2)c2ccccc12. The van der Waals surface area contributed by atoms with Crippen LogP contribution >= 0.6 is 11.3 Å². The Morgan fingerprint density at radius 1 is 1.06 bits per heavy atom. The van der Waals surface area contributed by atoms with E-state index in [2.05, 4.69) is 58.1 Å². The van der Waals surface area contributed by atoms with E-state index in [-0.39, 0.29) is 5.78 Å². The lowest BCUT2D eigenvalue weighted by Crippen LogP contribution is -2.34. The van der Waals surface area contributed by atoms with Crippen LogP contribution in [0.1, 0.15) is 53.9 Å². The lowest BCUT2D eigenvalue weighted by Gasteiger charge is -2.31. The molecule has 3 heterocycles. The van der Waals surface area contributed by atoms with Gasteiger partial charge >= 0.3 is 0 Å². The third-order valence-electron chi connectivity index (χ3n) is 6.53. The van der Waals surface area contributed by atoms with Crippen molar-refractivity contribution in [1.82, 2.24) is 14.5 Å². The number of likely N-dealkylation sites (tertiary alicyclic amines) is 1. The van der Waals surface area contributed by atoms with Gasteiger partial charge in [0.1, 0.15) is 0 Å². The number of Topliss-reactive ketones (excluding diaryl/α,β-unsaturated/α-hetero) is 1. The summed E-state index contributed by atoms with van der Waals surface area (Å²) in [7, 11) is 0. The maximum atomic E-state index is 12.3. The van der Waals surface area contributed by atoms with E-state index in [4.69, 9.17) is 4.98 Å². The summed E-state index contributed by atoms with van der Waals surface area (Å²) in [6, 6.07) is 16.8. The van der Waals surface area contributed by atoms with E-state index in [1.807, 2.05) is 24.3 Å². The summed E-state index contributed by atoms with van der Waals surface area (Å²) >= 11 is 1.87. The zero-order valence-electron chi connectivity index (χ0n) is 18.1. The molecule has 0 N–H and O–H groups in total. The number of aromatic nitrogens is 2. The minimum absolute atomic E-state index is 0.229. The Morgan fingerprint density at radius 2 is 1.84 bits per heavy atom. The number of piperidine rings is 1. The lowest BCUT2D eigenvalue weighted by atomic mass is 9.97. The number of carbonyl (C=O) groups is 1. The third kappa shape index (κ3) is 4.17. The molecule has 4 nitrogen and oxygen atoms in total. The van der Waals surface area contributed by atoms with Gasteiger partial charge in [-0.25, -0.2) is 4.98 Å². The number of hydrogen-bond acceptors (Lipinski definition) is 4. The van der Waals surface area contributed by atoms with Gasteiger partial charge in [-0.1, -0.05) is 37.3 Å². The van der Waals surface area contributed by atoms with Crippen LogP contribution in [0.15, 0.2) is 54.7 Å². The smallest absolute Gasteiger partial charge is 0.164 e. The molecule has 0 spiro atoms. The molecule has 1 saturated heterocycles. The van der Waals surface area contributed by atoms with E-state index in [1.165, 1.54) is 28.1 Å². The molecule has 31 heavy (non-hydrogen) atoms. The maximum absolute atomic E-state index is 12.3. The second kappa shape index (κ2) is 8.93. The van der Waals surface area contributed by atoms with Crippen molar-refractivity contribution in [3.63, 3.8) is 0 Å². The molecule has 5 rings (SSSR count). The Bertz CT molecular complexity index is 1170. The second-order valence-corrected chi connectivity index (χ2v) is 9.58. The van der Waals surface area contributed by atoms with E-state index < -0.39 is 0 Å². The predicted octanol–water partition coefficient (Wildman–Crippen LogP) is 6.11. The highest BCUT2D eigenvalue weighted by Gasteiger charge is 2.23. The van der Waals surface area contributed by atoms with Gasteiger partial charge in [0, 0.05) is 41.5 Å². The molecular formula is C26H29N3OS. The highest BCUT2D eigenvalue weighted by molar-refractivity contribution is 7.18. The van der Waals surface area contributed by atoms with Gasteiger partial charge in [-0.05, 0) is 57.1 Å². The minimum Gasteiger partial charge on any atom is -0.347 e. The monoisotopic (exact) mass is 431 g/mol. The Balaban J connectivity index is 1.17. The topological polar surface area (TPSA) is 38.1 Å². The first-order valence-corrected chi connectivity index (χ1v) is 12.2. The largest absolute Gasteiger partial charge is 0.347 e. The van der Waals surface area contributed by atoms with Crippen molar-refractivity contribution in [2.24, 2.45) is 0 Å². The van der Waals surface area contributed by atoms with Crippen LogP contribution in [0.4, 0.5) is 0 Å². The average Bonchev–Trinajstić information content (AvgIpc) is 3.41. The van der Waals surface area contributed by atoms with Gasteiger partial charge in [-0.15, -0.1) is 11.3 Å². The number of nitrogens with zero attached hydrogens (tertiary/aromatic N) is 3. The summed E-state index contributed by atoms with van der Waals surface area (Å²) in [6.07, 6.45) is 6.11. The molecule has 2 aromatic heterocycles. The first kappa shape index (κ1) is 20.4. The molecule has 0 unspecified atom stereocenters. The highest BCUT2D eigenvalue weighted by Crippen LogP contribution is 2.33. The van der Waals surface area contributed by atoms with Gasteiger partial charge in [-0.2, -0.15) is 0 Å². The lowest BCUT2D eigenvalue weighted by molar-refractivity contribution is 0.0989. The quantitative estimate of drug-likeness (QED) is 0.331. The molecule has 160 valence electrons. The van der Waals surface area contributed by atoms with Crippen molar-refractivity contribution in [2.75, 3.05) is 19.6 Å². The highest BCUT2D eigenvalue weighted by atomic mass is 32.1. The predicted molar refractivity (Wildman–Crippen MR) is 129 cm³/mol. The first-order chi connectivity index (χ1) is 15.2. The Morgan fingerprint density at radius 3 is 2.65 bits per heavy atom. The van der Waals surface area contributed by atoms with Crippen molar-refractivity contribution in [3.05, 3.63) is 65.3 Å². The molecule has 0 saturated carbocycles. The number of benzene rings is 2. The number of aryl methyl sites for hydroxylation is 1. The fraction of sp³-hybridized carbons (Fsp3) is 0.385. The van der Waals surface area contributed by atoms with E-state index in [1.54, 1.807) is 0 Å². The maximum Gasteiger partial charge on any atom is 0.164 e. The van der Waals surface area contributed by atoms with Crippen molar-refractivity contribution in [1.29, 1.82) is 0 Å². The molecule has 1 aliphatic rings. The molecule has 0 radical (unpaired) electrons. The van der Waals surface area contributed by atoms with E-state index in [0.29, 0.717) is 12.3 Å². The van der Waals surface area contributed by atoms with Crippen LogP contribution in [0.5, 0.6) is 0 Å². The number of fused-ring (bicyclic) bond motifs is 2. The summed E-state index contributed by atoms with van der Waals surface area (Å²) in [5, 5.41) is 2.40. The van der Waals surface area contributed by atoms with Crippen molar-refractivity contribution < 1.29 is 4.79 Å². The van der Waals surface area contributed by atoms with Crippen LogP contribution in [0.3, 0.4) is 0 Å². The standard InChI is InChI=1S/C26H29N3OS/c1-2-24(30)21-18-29(23-10-5-3-8-20(21)23)15-7-14-28-16-12-19(13-17-28)26-27-22-9-4-6-11-25(22)31-26/h3-6,8-11,18-19H,2,7,12-17H2,1H3. The summed E-state index contributed by atoms with van der Waals surface area (Å²) in [5.74, 6) is 0.830. The molecule has 1 aliphatic heterocycles. The zero-order valence-corrected chi connectivity index (χ0v) is 18.9. The number of hydrogen-bond donors (Lipinski definition) is 0. The number of carbonyl (C=O) groups excluding carboxylic acids is 1. The van der Waals surface area contributed by atoms with Crippen LogP contribution in [-0.4, -0.2) is 39.9 Å². The van der Waals surface area contributed by atoms with Crippen LogP contribution in [0, 0.1) is 0 Å². The fourth-order valence-electron chi connectivity index (χ4n) is 4.78. The third-order valence-corrected chi connectivity index (χ3v) is 7.73. The van der Waals surface area contributed by atoms with Crippen molar-refractivity contribution in [2.45, 2.75) is 45.1 Å². The summed E-state index contributed by atoms with van der Waals surface area (Å²) in [4.78, 5) is 19.8. The molecule has 0 amide bonds. The molecule has 1 fully saturated rings. The summed E-state index contributed by atoms with van der Waals surface area (Å²) in [5.41, 5.74) is 3.19. The normalized spacial score (nSPS) is 15.8. The Kier molecular flexibility index (Phi) is 5.88. The minimum atomic E-state index is 0.229. The average molecular weight is 432 g/mol. The van der Waals surface area contributed by atoms with E-state index in [9.17, 15) is 4.79 Å². The Hall–Kier alpha value is -2.50. The van der Waals surface area contributed by atoms with Crippen molar-refractivity contribution in [3.8, 4) is 0 Å². The number of thiazole rings is 1.